The molecule has 1 heterocycles. The number of carboxylic acids is 1. The van der Waals surface area contributed by atoms with Gasteiger partial charge in [0.1, 0.15) is 0 Å². The fourth-order valence-corrected chi connectivity index (χ4v) is 0.792. The minimum atomic E-state index is -4.89. The number of carbonyl (C=O) groups is 1. The van der Waals surface area contributed by atoms with Crippen LogP contribution >= 0.6 is 0 Å². The topological polar surface area (TPSA) is 85.4 Å². The quantitative estimate of drug-likeness (QED) is 0.786. The molecule has 0 aliphatic heterocycles. The Balaban J connectivity index is 2.99. The van der Waals surface area contributed by atoms with Crippen molar-refractivity contribution in [2.45, 2.75) is 6.36 Å². The molecule has 0 unspecified atom stereocenters. The van der Waals surface area contributed by atoms with E-state index in [2.05, 4.69) is 9.72 Å². The molecule has 0 saturated heterocycles. The summed E-state index contributed by atoms with van der Waals surface area (Å²) < 4.78 is 38.8. The summed E-state index contributed by atoms with van der Waals surface area (Å²) in [5, 5.41) is 8.45. The van der Waals surface area contributed by atoms with Crippen molar-refractivity contribution in [1.82, 2.24) is 4.98 Å². The highest BCUT2D eigenvalue weighted by Crippen LogP contribution is 2.26. The normalized spacial score (nSPS) is 11.1. The van der Waals surface area contributed by atoms with Crippen LogP contribution in [0.5, 0.6) is 5.75 Å². The summed E-state index contributed by atoms with van der Waals surface area (Å²) in [7, 11) is 0. The zero-order valence-corrected chi connectivity index (χ0v) is 7.08. The van der Waals surface area contributed by atoms with E-state index in [-0.39, 0.29) is 0 Å². The molecule has 0 aliphatic carbocycles. The molecule has 0 bridgehead atoms. The van der Waals surface area contributed by atoms with Gasteiger partial charge < -0.3 is 15.6 Å². The van der Waals surface area contributed by atoms with Crippen LogP contribution in [0.15, 0.2) is 12.1 Å². The smallest absolute Gasteiger partial charge is 0.477 e. The number of nitrogen functional groups attached to an aromatic ring is 1. The molecule has 1 aromatic heterocycles. The molecule has 0 aliphatic rings. The van der Waals surface area contributed by atoms with Gasteiger partial charge in [-0.1, -0.05) is 0 Å². The number of halogens is 3. The largest absolute Gasteiger partial charge is 0.573 e. The van der Waals surface area contributed by atoms with Crippen molar-refractivity contribution in [2.75, 3.05) is 5.73 Å². The van der Waals surface area contributed by atoms with Crippen LogP contribution in [0.4, 0.5) is 19.0 Å². The van der Waals surface area contributed by atoms with Gasteiger partial charge in [-0.3, -0.25) is 0 Å². The zero-order chi connectivity index (χ0) is 11.6. The molecular formula is C7H5F3N2O3. The number of nitrogens with zero attached hydrogens (tertiary/aromatic N) is 1. The van der Waals surface area contributed by atoms with Crippen LogP contribution in [0, 0.1) is 0 Å². The molecule has 0 fully saturated rings. The van der Waals surface area contributed by atoms with E-state index in [1.807, 2.05) is 0 Å². The van der Waals surface area contributed by atoms with E-state index in [0.717, 1.165) is 12.1 Å². The minimum Gasteiger partial charge on any atom is -0.477 e. The molecule has 82 valence electrons. The molecule has 0 atom stereocenters. The first-order chi connectivity index (χ1) is 6.79. The van der Waals surface area contributed by atoms with Gasteiger partial charge in [0.15, 0.2) is 17.3 Å². The van der Waals surface area contributed by atoms with E-state index < -0.39 is 29.6 Å². The van der Waals surface area contributed by atoms with Crippen LogP contribution in [0.1, 0.15) is 10.5 Å². The second-order valence-electron chi connectivity index (χ2n) is 2.43. The van der Waals surface area contributed by atoms with Crippen LogP contribution in [-0.2, 0) is 0 Å². The maximum atomic E-state index is 11.8. The maximum Gasteiger partial charge on any atom is 0.573 e. The summed E-state index contributed by atoms with van der Waals surface area (Å²) in [4.78, 5) is 13.6. The molecular weight excluding hydrogens is 217 g/mol. The average Bonchev–Trinajstić information content (AvgIpc) is 2.05. The van der Waals surface area contributed by atoms with Gasteiger partial charge in [-0.25, -0.2) is 9.78 Å². The Morgan fingerprint density at radius 2 is 2.07 bits per heavy atom. The summed E-state index contributed by atoms with van der Waals surface area (Å²) in [6.45, 7) is 0. The lowest BCUT2D eigenvalue weighted by molar-refractivity contribution is -0.274. The van der Waals surface area contributed by atoms with Gasteiger partial charge in [-0.05, 0) is 12.1 Å². The van der Waals surface area contributed by atoms with Gasteiger partial charge in [0.05, 0.1) is 0 Å². The molecule has 3 N–H and O–H groups in total. The summed E-state index contributed by atoms with van der Waals surface area (Å²) >= 11 is 0. The number of hydrogen-bond donors (Lipinski definition) is 2. The molecule has 0 amide bonds. The number of alkyl halides is 3. The Kier molecular flexibility index (Phi) is 2.69. The van der Waals surface area contributed by atoms with Crippen molar-refractivity contribution in [3.8, 4) is 5.75 Å². The van der Waals surface area contributed by atoms with Crippen molar-refractivity contribution in [1.29, 1.82) is 0 Å². The van der Waals surface area contributed by atoms with Crippen molar-refractivity contribution < 1.29 is 27.8 Å². The molecule has 0 radical (unpaired) electrons. The number of rotatable bonds is 2. The Morgan fingerprint density at radius 3 is 2.47 bits per heavy atom. The number of aromatic nitrogens is 1. The molecule has 5 nitrogen and oxygen atoms in total. The molecule has 1 rings (SSSR count). The maximum absolute atomic E-state index is 11.8. The third-order valence-electron chi connectivity index (χ3n) is 1.33. The first-order valence-corrected chi connectivity index (χ1v) is 3.55. The molecule has 0 aromatic carbocycles. The molecule has 8 heteroatoms. The number of ether oxygens (including phenoxy) is 1. The van der Waals surface area contributed by atoms with Crippen LogP contribution < -0.4 is 10.5 Å². The Morgan fingerprint density at radius 1 is 1.47 bits per heavy atom. The van der Waals surface area contributed by atoms with Crippen molar-refractivity contribution >= 4 is 11.8 Å². The number of pyridine rings is 1. The Hall–Kier alpha value is -1.99. The van der Waals surface area contributed by atoms with E-state index in [9.17, 15) is 18.0 Å². The summed E-state index contributed by atoms with van der Waals surface area (Å²) in [6, 6.07) is 1.65. The molecule has 15 heavy (non-hydrogen) atoms. The number of aromatic carboxylic acids is 1. The number of hydrogen-bond acceptors (Lipinski definition) is 4. The summed E-state index contributed by atoms with van der Waals surface area (Å²) in [5.74, 6) is -2.75. The summed E-state index contributed by atoms with van der Waals surface area (Å²) in [6.07, 6.45) is -4.89. The Bertz CT molecular complexity index is 392. The number of carboxylic acid groups (broad SMARTS) is 1. The highest BCUT2D eigenvalue weighted by Gasteiger charge is 2.32. The highest BCUT2D eigenvalue weighted by molar-refractivity contribution is 5.86. The van der Waals surface area contributed by atoms with Gasteiger partial charge in [0.25, 0.3) is 0 Å². The lowest BCUT2D eigenvalue weighted by Gasteiger charge is -2.10. The van der Waals surface area contributed by atoms with Gasteiger partial charge in [-0.2, -0.15) is 0 Å². The lowest BCUT2D eigenvalue weighted by atomic mass is 10.3. The molecule has 0 spiro atoms. The third-order valence-corrected chi connectivity index (χ3v) is 1.33. The molecule has 0 saturated carbocycles. The second kappa shape index (κ2) is 3.64. The fourth-order valence-electron chi connectivity index (χ4n) is 0.792. The predicted molar refractivity (Wildman–Crippen MR) is 42.3 cm³/mol. The van der Waals surface area contributed by atoms with Crippen molar-refractivity contribution in [2.24, 2.45) is 0 Å². The van der Waals surface area contributed by atoms with E-state index in [1.165, 1.54) is 0 Å². The summed E-state index contributed by atoms with van der Waals surface area (Å²) in [5.41, 5.74) is 4.61. The number of anilines is 1. The number of nitrogens with two attached hydrogens (primary N) is 1. The Labute approximate surface area is 81.3 Å². The average molecular weight is 222 g/mol. The van der Waals surface area contributed by atoms with E-state index in [4.69, 9.17) is 10.8 Å². The zero-order valence-electron chi connectivity index (χ0n) is 7.08. The highest BCUT2D eigenvalue weighted by atomic mass is 19.4. The van der Waals surface area contributed by atoms with Gasteiger partial charge in [-0.15, -0.1) is 13.2 Å². The SMILES string of the molecule is Nc1nc(C(=O)O)ccc1OC(F)(F)F. The van der Waals surface area contributed by atoms with Gasteiger partial charge in [0.2, 0.25) is 0 Å². The van der Waals surface area contributed by atoms with Gasteiger partial charge in [0, 0.05) is 0 Å². The standard InChI is InChI=1S/C7H5F3N2O3/c8-7(9,10)15-4-2-1-3(6(13)14)12-5(4)11/h1-2H,(H2,11,12)(H,13,14). The lowest BCUT2D eigenvalue weighted by Crippen LogP contribution is -2.18. The minimum absolute atomic E-state index is 0.456. The van der Waals surface area contributed by atoms with Crippen LogP contribution in [0.25, 0.3) is 0 Å². The first-order valence-electron chi connectivity index (χ1n) is 3.55. The van der Waals surface area contributed by atoms with Gasteiger partial charge >= 0.3 is 12.3 Å². The van der Waals surface area contributed by atoms with Crippen LogP contribution in [-0.4, -0.2) is 22.4 Å². The van der Waals surface area contributed by atoms with Crippen LogP contribution in [0.3, 0.4) is 0 Å². The van der Waals surface area contributed by atoms with Crippen LogP contribution in [0.2, 0.25) is 0 Å². The molecule has 1 aromatic rings. The van der Waals surface area contributed by atoms with E-state index in [0.29, 0.717) is 0 Å². The predicted octanol–water partition coefficient (Wildman–Crippen LogP) is 1.26. The van der Waals surface area contributed by atoms with E-state index >= 15 is 0 Å². The van der Waals surface area contributed by atoms with E-state index in [1.54, 1.807) is 0 Å². The first kappa shape index (κ1) is 11.1. The van der Waals surface area contributed by atoms with Crippen molar-refractivity contribution in [3.63, 3.8) is 0 Å². The monoisotopic (exact) mass is 222 g/mol. The second-order valence-corrected chi connectivity index (χ2v) is 2.43. The fraction of sp³-hybridized carbons (Fsp3) is 0.143. The van der Waals surface area contributed by atoms with Crippen molar-refractivity contribution in [3.05, 3.63) is 17.8 Å². The third kappa shape index (κ3) is 3.01.